The first-order chi connectivity index (χ1) is 13.3. The Hall–Kier alpha value is -3.04. The van der Waals surface area contributed by atoms with Crippen LogP contribution in [0.15, 0.2) is 84.9 Å². The second-order valence-electron chi connectivity index (χ2n) is 6.68. The number of rotatable bonds is 5. The van der Waals surface area contributed by atoms with Crippen molar-refractivity contribution in [1.29, 1.82) is 0 Å². The lowest BCUT2D eigenvalue weighted by atomic mass is 10.0. The first kappa shape index (κ1) is 18.7. The molecule has 3 rings (SSSR count). The molecule has 0 aliphatic rings. The van der Waals surface area contributed by atoms with Gasteiger partial charge in [0, 0.05) is 11.1 Å². The van der Waals surface area contributed by atoms with Gasteiger partial charge in [0.1, 0.15) is 0 Å². The van der Waals surface area contributed by atoms with Gasteiger partial charge in [0.05, 0.1) is 0 Å². The summed E-state index contributed by atoms with van der Waals surface area (Å²) in [5, 5.41) is 0. The van der Waals surface area contributed by atoms with Crippen molar-refractivity contribution in [1.82, 2.24) is 0 Å². The van der Waals surface area contributed by atoms with E-state index in [-0.39, 0.29) is 0 Å². The quantitative estimate of drug-likeness (QED) is 0.350. The maximum absolute atomic E-state index is 3.27. The third-order valence-electron chi connectivity index (χ3n) is 4.72. The van der Waals surface area contributed by atoms with Crippen LogP contribution in [0, 0.1) is 11.8 Å². The molecule has 0 spiro atoms. The van der Waals surface area contributed by atoms with E-state index in [4.69, 9.17) is 0 Å². The monoisotopic (exact) mass is 350 g/mol. The van der Waals surface area contributed by atoms with Crippen LogP contribution in [-0.4, -0.2) is 0 Å². The average Bonchev–Trinajstić information content (AvgIpc) is 2.74. The Morgan fingerprint density at radius 2 is 1.15 bits per heavy atom. The number of aryl methyl sites for hydroxylation is 2. The molecule has 0 bridgehead atoms. The summed E-state index contributed by atoms with van der Waals surface area (Å²) in [4.78, 5) is 0. The highest BCUT2D eigenvalue weighted by molar-refractivity contribution is 5.64. The van der Waals surface area contributed by atoms with Gasteiger partial charge in [-0.15, -0.1) is 0 Å². The Morgan fingerprint density at radius 3 is 1.67 bits per heavy atom. The second kappa shape index (κ2) is 9.60. The third kappa shape index (κ3) is 5.47. The summed E-state index contributed by atoms with van der Waals surface area (Å²) in [6.07, 6.45) is 7.56. The molecular formula is C27H26. The minimum Gasteiger partial charge on any atom is -0.0917 e. The molecule has 0 aliphatic carbocycles. The van der Waals surface area contributed by atoms with Crippen LogP contribution < -0.4 is 0 Å². The Balaban J connectivity index is 1.66. The van der Waals surface area contributed by atoms with Crippen molar-refractivity contribution in [3.8, 4) is 23.0 Å². The van der Waals surface area contributed by atoms with E-state index in [1.165, 1.54) is 22.3 Å². The number of hydrogen-bond acceptors (Lipinski definition) is 0. The van der Waals surface area contributed by atoms with Crippen molar-refractivity contribution < 1.29 is 0 Å². The molecule has 0 saturated carbocycles. The van der Waals surface area contributed by atoms with E-state index < -0.39 is 0 Å². The fraction of sp³-hybridized carbons (Fsp3) is 0.185. The summed E-state index contributed by atoms with van der Waals surface area (Å²) in [5.41, 5.74) is 7.31. The summed E-state index contributed by atoms with van der Waals surface area (Å²) in [7, 11) is 0. The Labute approximate surface area is 163 Å². The van der Waals surface area contributed by atoms with Crippen molar-refractivity contribution in [2.24, 2.45) is 0 Å². The van der Waals surface area contributed by atoms with E-state index in [1.807, 2.05) is 0 Å². The maximum Gasteiger partial charge on any atom is 0.0249 e. The van der Waals surface area contributed by atoms with E-state index in [2.05, 4.69) is 111 Å². The molecular weight excluding hydrogens is 324 g/mol. The molecule has 0 saturated heterocycles. The van der Waals surface area contributed by atoms with Gasteiger partial charge in [-0.2, -0.15) is 0 Å². The van der Waals surface area contributed by atoms with Crippen LogP contribution in [-0.2, 0) is 12.8 Å². The van der Waals surface area contributed by atoms with Gasteiger partial charge in [0.15, 0.2) is 0 Å². The molecule has 134 valence electrons. The highest BCUT2D eigenvalue weighted by Gasteiger charge is 1.98. The normalized spacial score (nSPS) is 10.6. The largest absolute Gasteiger partial charge is 0.0917 e. The molecule has 0 heteroatoms. The zero-order valence-electron chi connectivity index (χ0n) is 16.2. The Bertz CT molecular complexity index is 928. The summed E-state index contributed by atoms with van der Waals surface area (Å²) >= 11 is 0. The lowest BCUT2D eigenvalue weighted by Gasteiger charge is -2.03. The summed E-state index contributed by atoms with van der Waals surface area (Å²) < 4.78 is 0. The maximum atomic E-state index is 3.27. The van der Waals surface area contributed by atoms with Crippen molar-refractivity contribution in [2.45, 2.75) is 33.1 Å². The van der Waals surface area contributed by atoms with Crippen LogP contribution >= 0.6 is 0 Å². The van der Waals surface area contributed by atoms with Crippen LogP contribution in [0.4, 0.5) is 0 Å². The van der Waals surface area contributed by atoms with Gasteiger partial charge in [-0.25, -0.2) is 0 Å². The predicted molar refractivity (Wildman–Crippen MR) is 117 cm³/mol. The van der Waals surface area contributed by atoms with Crippen molar-refractivity contribution in [2.75, 3.05) is 0 Å². The van der Waals surface area contributed by atoms with Gasteiger partial charge < -0.3 is 0 Å². The van der Waals surface area contributed by atoms with Crippen molar-refractivity contribution in [3.63, 3.8) is 0 Å². The zero-order chi connectivity index (χ0) is 18.9. The van der Waals surface area contributed by atoms with Gasteiger partial charge in [0.2, 0.25) is 0 Å². The smallest absolute Gasteiger partial charge is 0.0249 e. The number of allylic oxidation sites excluding steroid dienone is 2. The molecule has 0 fully saturated rings. The number of benzene rings is 3. The minimum absolute atomic E-state index is 1.04. The lowest BCUT2D eigenvalue weighted by Crippen LogP contribution is -1.84. The van der Waals surface area contributed by atoms with Gasteiger partial charge in [0.25, 0.3) is 0 Å². The highest BCUT2D eigenvalue weighted by Crippen LogP contribution is 2.20. The van der Waals surface area contributed by atoms with E-state index >= 15 is 0 Å². The van der Waals surface area contributed by atoms with Crippen LogP contribution in [0.5, 0.6) is 0 Å². The zero-order valence-corrected chi connectivity index (χ0v) is 16.2. The van der Waals surface area contributed by atoms with E-state index in [0.29, 0.717) is 0 Å². The molecule has 0 radical (unpaired) electrons. The van der Waals surface area contributed by atoms with Crippen LogP contribution in [0.2, 0.25) is 0 Å². The summed E-state index contributed by atoms with van der Waals surface area (Å²) in [6.45, 7) is 4.24. The first-order valence-corrected chi connectivity index (χ1v) is 9.70. The summed E-state index contributed by atoms with van der Waals surface area (Å²) in [5.74, 6) is 6.53. The van der Waals surface area contributed by atoms with E-state index in [9.17, 15) is 0 Å². The molecule has 0 aromatic heterocycles. The van der Waals surface area contributed by atoms with Crippen LogP contribution in [0.25, 0.3) is 11.1 Å². The lowest BCUT2D eigenvalue weighted by molar-refractivity contribution is 0.999. The van der Waals surface area contributed by atoms with Crippen LogP contribution in [0.3, 0.4) is 0 Å². The van der Waals surface area contributed by atoms with Gasteiger partial charge in [-0.1, -0.05) is 79.4 Å². The van der Waals surface area contributed by atoms with E-state index in [0.717, 1.165) is 30.4 Å². The summed E-state index contributed by atoms with van der Waals surface area (Å²) in [6, 6.07) is 25.9. The molecule has 0 atom stereocenters. The molecule has 0 amide bonds. The number of hydrogen-bond donors (Lipinski definition) is 0. The van der Waals surface area contributed by atoms with Gasteiger partial charge in [-0.05, 0) is 72.7 Å². The molecule has 0 unspecified atom stereocenters. The molecule has 0 heterocycles. The minimum atomic E-state index is 1.04. The van der Waals surface area contributed by atoms with Crippen molar-refractivity contribution >= 4 is 0 Å². The Morgan fingerprint density at radius 1 is 0.667 bits per heavy atom. The van der Waals surface area contributed by atoms with Gasteiger partial charge in [-0.3, -0.25) is 0 Å². The Kier molecular flexibility index (Phi) is 6.66. The SMILES string of the molecule is C/C=C/CCc1ccc(C#Cc2ccc(-c3ccc(CC)cc3)cc2)cc1. The second-order valence-corrected chi connectivity index (χ2v) is 6.68. The van der Waals surface area contributed by atoms with Gasteiger partial charge >= 0.3 is 0 Å². The molecule has 3 aromatic carbocycles. The van der Waals surface area contributed by atoms with Crippen molar-refractivity contribution in [3.05, 3.63) is 107 Å². The molecule has 0 aliphatic heterocycles. The first-order valence-electron chi connectivity index (χ1n) is 9.70. The molecule has 0 N–H and O–H groups in total. The van der Waals surface area contributed by atoms with Crippen LogP contribution in [0.1, 0.15) is 42.5 Å². The van der Waals surface area contributed by atoms with E-state index in [1.54, 1.807) is 0 Å². The molecule has 0 nitrogen and oxygen atoms in total. The topological polar surface area (TPSA) is 0 Å². The average molecular weight is 351 g/mol. The standard InChI is InChI=1S/C27H26/c1-3-5-6-7-23-8-10-24(11-9-23)12-13-25-16-20-27(21-17-25)26-18-14-22(4-2)15-19-26/h3,5,8-11,14-21H,4,6-7H2,1-2H3/b5-3+. The highest BCUT2D eigenvalue weighted by atomic mass is 14.0. The fourth-order valence-corrected chi connectivity index (χ4v) is 2.99. The third-order valence-corrected chi connectivity index (χ3v) is 4.72. The predicted octanol–water partition coefficient (Wildman–Crippen LogP) is 6.82. The fourth-order valence-electron chi connectivity index (χ4n) is 2.99. The molecule has 3 aromatic rings. The molecule has 27 heavy (non-hydrogen) atoms.